The average Bonchev–Trinajstić information content (AvgIpc) is 2.56. The molecule has 0 radical (unpaired) electrons. The van der Waals surface area contributed by atoms with Gasteiger partial charge in [0.05, 0.1) is 25.9 Å². The van der Waals surface area contributed by atoms with E-state index >= 15 is 0 Å². The molecule has 1 aromatic carbocycles. The van der Waals surface area contributed by atoms with E-state index < -0.39 is 6.09 Å². The molecule has 7 nitrogen and oxygen atoms in total. The number of amides is 1. The SMILES string of the molecule is CCOc1cc(NC(=O)OCC(C)OC)cc(COC)c1OCC. The van der Waals surface area contributed by atoms with Crippen molar-refractivity contribution in [3.63, 3.8) is 0 Å². The number of nitrogens with one attached hydrogen (secondary N) is 1. The molecule has 1 unspecified atom stereocenters. The van der Waals surface area contributed by atoms with Gasteiger partial charge in [0, 0.05) is 31.5 Å². The van der Waals surface area contributed by atoms with E-state index in [-0.39, 0.29) is 12.7 Å². The van der Waals surface area contributed by atoms with Crippen molar-refractivity contribution < 1.29 is 28.5 Å². The van der Waals surface area contributed by atoms with Gasteiger partial charge in [-0.25, -0.2) is 4.79 Å². The van der Waals surface area contributed by atoms with Crippen LogP contribution in [0, 0.1) is 0 Å². The molecule has 1 rings (SSSR count). The molecule has 0 heterocycles. The lowest BCUT2D eigenvalue weighted by Gasteiger charge is -2.17. The summed E-state index contributed by atoms with van der Waals surface area (Å²) in [4.78, 5) is 11.9. The summed E-state index contributed by atoms with van der Waals surface area (Å²) in [6.45, 7) is 7.07. The predicted octanol–water partition coefficient (Wildman–Crippen LogP) is 3.21. The summed E-state index contributed by atoms with van der Waals surface area (Å²) >= 11 is 0. The summed E-state index contributed by atoms with van der Waals surface area (Å²) in [7, 11) is 3.15. The van der Waals surface area contributed by atoms with E-state index in [1.165, 1.54) is 0 Å². The van der Waals surface area contributed by atoms with Gasteiger partial charge in [-0.2, -0.15) is 0 Å². The lowest BCUT2D eigenvalue weighted by Crippen LogP contribution is -2.21. The van der Waals surface area contributed by atoms with E-state index in [2.05, 4.69) is 5.32 Å². The Morgan fingerprint density at radius 2 is 1.88 bits per heavy atom. The van der Waals surface area contributed by atoms with Crippen molar-refractivity contribution in [2.45, 2.75) is 33.5 Å². The topological polar surface area (TPSA) is 75.3 Å². The highest BCUT2D eigenvalue weighted by Gasteiger charge is 2.15. The van der Waals surface area contributed by atoms with Crippen LogP contribution in [-0.2, 0) is 20.8 Å². The van der Waals surface area contributed by atoms with E-state index in [4.69, 9.17) is 23.7 Å². The Bertz CT molecular complexity index is 493. The average molecular weight is 341 g/mol. The van der Waals surface area contributed by atoms with Gasteiger partial charge in [0.2, 0.25) is 0 Å². The smallest absolute Gasteiger partial charge is 0.411 e. The summed E-state index contributed by atoms with van der Waals surface area (Å²) in [6.07, 6.45) is -0.729. The number of anilines is 1. The van der Waals surface area contributed by atoms with Crippen molar-refractivity contribution in [2.75, 3.05) is 39.4 Å². The summed E-state index contributed by atoms with van der Waals surface area (Å²) in [5.41, 5.74) is 1.33. The van der Waals surface area contributed by atoms with E-state index in [0.717, 1.165) is 5.56 Å². The molecule has 0 aliphatic carbocycles. The molecule has 136 valence electrons. The second-order valence-electron chi connectivity index (χ2n) is 5.03. The zero-order valence-electron chi connectivity index (χ0n) is 15.0. The van der Waals surface area contributed by atoms with Crippen LogP contribution in [0.3, 0.4) is 0 Å². The van der Waals surface area contributed by atoms with E-state index in [9.17, 15) is 4.79 Å². The first-order valence-corrected chi connectivity index (χ1v) is 7.93. The fraction of sp³-hybridized carbons (Fsp3) is 0.588. The van der Waals surface area contributed by atoms with Crippen LogP contribution < -0.4 is 14.8 Å². The maximum absolute atomic E-state index is 11.9. The summed E-state index contributed by atoms with van der Waals surface area (Å²) < 4.78 is 26.6. The number of hydrogen-bond acceptors (Lipinski definition) is 6. The highest BCUT2D eigenvalue weighted by Crippen LogP contribution is 2.35. The predicted molar refractivity (Wildman–Crippen MR) is 90.9 cm³/mol. The first-order valence-electron chi connectivity index (χ1n) is 7.93. The van der Waals surface area contributed by atoms with Crippen LogP contribution in [0.4, 0.5) is 10.5 Å². The van der Waals surface area contributed by atoms with Crippen molar-refractivity contribution in [3.8, 4) is 11.5 Å². The van der Waals surface area contributed by atoms with Gasteiger partial charge in [-0.15, -0.1) is 0 Å². The summed E-state index contributed by atoms with van der Waals surface area (Å²) in [5.74, 6) is 1.17. The van der Waals surface area contributed by atoms with Gasteiger partial charge in [0.25, 0.3) is 0 Å². The first-order chi connectivity index (χ1) is 11.5. The minimum Gasteiger partial charge on any atom is -0.490 e. The van der Waals surface area contributed by atoms with Gasteiger partial charge < -0.3 is 23.7 Å². The molecule has 1 aromatic rings. The number of carbonyl (C=O) groups excluding carboxylic acids is 1. The fourth-order valence-electron chi connectivity index (χ4n) is 1.98. The fourth-order valence-corrected chi connectivity index (χ4v) is 1.98. The van der Waals surface area contributed by atoms with Gasteiger partial charge in [0.15, 0.2) is 11.5 Å². The highest BCUT2D eigenvalue weighted by molar-refractivity contribution is 5.85. The minimum absolute atomic E-state index is 0.167. The molecule has 1 N–H and O–H groups in total. The molecule has 0 saturated heterocycles. The van der Waals surface area contributed by atoms with E-state index in [1.54, 1.807) is 26.4 Å². The van der Waals surface area contributed by atoms with Gasteiger partial charge in [-0.1, -0.05) is 0 Å². The van der Waals surface area contributed by atoms with Crippen LogP contribution in [-0.4, -0.2) is 46.2 Å². The highest BCUT2D eigenvalue weighted by atomic mass is 16.6. The van der Waals surface area contributed by atoms with Crippen LogP contribution in [0.25, 0.3) is 0 Å². The van der Waals surface area contributed by atoms with Crippen LogP contribution in [0.1, 0.15) is 26.3 Å². The quantitative estimate of drug-likeness (QED) is 0.704. The monoisotopic (exact) mass is 341 g/mol. The molecule has 0 spiro atoms. The Morgan fingerprint density at radius 3 is 2.46 bits per heavy atom. The largest absolute Gasteiger partial charge is 0.490 e. The van der Waals surface area contributed by atoms with Gasteiger partial charge in [0.1, 0.15) is 6.61 Å². The molecule has 24 heavy (non-hydrogen) atoms. The molecule has 0 saturated carbocycles. The lowest BCUT2D eigenvalue weighted by atomic mass is 10.1. The zero-order valence-corrected chi connectivity index (χ0v) is 15.0. The van der Waals surface area contributed by atoms with Crippen LogP contribution in [0.5, 0.6) is 11.5 Å². The Morgan fingerprint density at radius 1 is 1.17 bits per heavy atom. The zero-order chi connectivity index (χ0) is 17.9. The third-order valence-corrected chi connectivity index (χ3v) is 3.12. The van der Waals surface area contributed by atoms with Crippen LogP contribution in [0.15, 0.2) is 12.1 Å². The number of methoxy groups -OCH3 is 2. The van der Waals surface area contributed by atoms with E-state index in [1.807, 2.05) is 20.8 Å². The molecule has 0 aliphatic heterocycles. The van der Waals surface area contributed by atoms with Crippen molar-refractivity contribution in [2.24, 2.45) is 0 Å². The standard InChI is InChI=1S/C17H27NO6/c1-6-22-15-9-14(18-17(19)24-10-12(3)21-5)8-13(11-20-4)16(15)23-7-2/h8-9,12H,6-7,10-11H2,1-5H3,(H,18,19). The Labute approximate surface area is 143 Å². The third kappa shape index (κ3) is 6.25. The molecular formula is C17H27NO6. The lowest BCUT2D eigenvalue weighted by molar-refractivity contribution is 0.0508. The van der Waals surface area contributed by atoms with Gasteiger partial charge >= 0.3 is 6.09 Å². The Balaban J connectivity index is 2.95. The molecule has 0 fully saturated rings. The number of hydrogen-bond donors (Lipinski definition) is 1. The molecular weight excluding hydrogens is 314 g/mol. The first kappa shape index (κ1) is 20.1. The maximum atomic E-state index is 11.9. The van der Waals surface area contributed by atoms with Crippen LogP contribution >= 0.6 is 0 Å². The molecule has 1 atom stereocenters. The van der Waals surface area contributed by atoms with Crippen LogP contribution in [0.2, 0.25) is 0 Å². The third-order valence-electron chi connectivity index (χ3n) is 3.12. The van der Waals surface area contributed by atoms with Crippen molar-refractivity contribution in [3.05, 3.63) is 17.7 Å². The molecule has 0 aromatic heterocycles. The Hall–Kier alpha value is -1.99. The normalized spacial score (nSPS) is 11.7. The van der Waals surface area contributed by atoms with Crippen molar-refractivity contribution in [1.82, 2.24) is 0 Å². The number of carbonyl (C=O) groups is 1. The minimum atomic E-state index is -0.561. The molecule has 1 amide bonds. The molecule has 0 aliphatic rings. The molecule has 7 heteroatoms. The summed E-state index contributed by atoms with van der Waals surface area (Å²) in [6, 6.07) is 3.48. The second-order valence-corrected chi connectivity index (χ2v) is 5.03. The number of ether oxygens (including phenoxy) is 5. The van der Waals surface area contributed by atoms with E-state index in [0.29, 0.717) is 37.0 Å². The summed E-state index contributed by atoms with van der Waals surface area (Å²) in [5, 5.41) is 2.68. The second kappa shape index (κ2) is 10.7. The van der Waals surface area contributed by atoms with Crippen molar-refractivity contribution >= 4 is 11.8 Å². The van der Waals surface area contributed by atoms with Gasteiger partial charge in [-0.05, 0) is 26.8 Å². The Kier molecular flexibility index (Phi) is 8.96. The molecule has 0 bridgehead atoms. The van der Waals surface area contributed by atoms with Gasteiger partial charge in [-0.3, -0.25) is 5.32 Å². The van der Waals surface area contributed by atoms with Crippen molar-refractivity contribution in [1.29, 1.82) is 0 Å². The number of rotatable bonds is 10. The number of benzene rings is 1. The maximum Gasteiger partial charge on any atom is 0.411 e.